The third-order valence-corrected chi connectivity index (χ3v) is 27.4. The molecule has 0 N–H and O–H groups in total. The van der Waals surface area contributed by atoms with Crippen LogP contribution in [0.15, 0.2) is 287 Å². The van der Waals surface area contributed by atoms with Gasteiger partial charge in [0.25, 0.3) is 0 Å². The van der Waals surface area contributed by atoms with E-state index in [-0.39, 0.29) is 69.0 Å². The molecule has 0 saturated heterocycles. The Kier molecular flexibility index (Phi) is 19.6. The first kappa shape index (κ1) is 63.3. The van der Waals surface area contributed by atoms with Crippen LogP contribution in [0, 0.1) is 68.1 Å². The van der Waals surface area contributed by atoms with Gasteiger partial charge in [0.15, 0.2) is 57.3 Å². The van der Waals surface area contributed by atoms with Gasteiger partial charge < -0.3 is 18.9 Å². The van der Waals surface area contributed by atoms with Crippen LogP contribution in [-0.4, -0.2) is 36.4 Å². The maximum atomic E-state index is 13.0. The van der Waals surface area contributed by atoms with Crippen LogP contribution in [-0.2, 0) is 51.7 Å². The fourth-order valence-electron chi connectivity index (χ4n) is 16.6. The molecule has 8 aliphatic rings. The van der Waals surface area contributed by atoms with Crippen LogP contribution < -0.4 is 9.47 Å². The third kappa shape index (κ3) is 14.2. The maximum Gasteiger partial charge on any atom is 0.344 e. The number of benzene rings is 9. The molecule has 8 aliphatic carbocycles. The molecule has 9 heteroatoms. The lowest BCUT2D eigenvalue weighted by Crippen LogP contribution is -2.58. The predicted molar refractivity (Wildman–Crippen MR) is 373 cm³/mol. The minimum absolute atomic E-state index is 0.0229. The maximum absolute atomic E-state index is 13.0. The number of aryl methyl sites for hydroxylation is 3. The second-order valence-electron chi connectivity index (χ2n) is 27.0. The predicted octanol–water partition coefficient (Wildman–Crippen LogP) is 19.5. The first-order chi connectivity index (χ1) is 44.8. The van der Waals surface area contributed by atoms with E-state index >= 15 is 0 Å². The summed E-state index contributed by atoms with van der Waals surface area (Å²) >= 11 is 0. The van der Waals surface area contributed by atoms with Crippen LogP contribution in [0.3, 0.4) is 0 Å². The van der Waals surface area contributed by atoms with Crippen molar-refractivity contribution in [1.82, 2.24) is 0 Å². The Morgan fingerprint density at radius 1 is 0.337 bits per heavy atom. The van der Waals surface area contributed by atoms with Crippen molar-refractivity contribution in [2.75, 3.05) is 13.2 Å². The van der Waals surface area contributed by atoms with Gasteiger partial charge >= 0.3 is 11.9 Å². The van der Waals surface area contributed by atoms with Gasteiger partial charge in [-0.05, 0) is 266 Å². The van der Waals surface area contributed by atoms with Gasteiger partial charge in [0.1, 0.15) is 22.7 Å². The standard InChI is InChI=1S/C33H37O3S.C31H33O3S.C19H17S/c1-22-14-30(37(28-10-6-4-7-11-28)29-12-8-5-9-13-29)15-23(2)32(22)35-21-31(34)36-33(3)26-17-24-16-25(19-26)20-27(33)18-24;1-31(24-17-22-16-23(19-24)20-25(31)18-22)34-30(32)21-33-26-12-14-29(15-13-26)35(27-8-4-2-5-9-27)28-10-6-3-7-11-28;1-16-12-14-19(15-13-16)20(17-8-4-2-5-9-17)18-10-6-3-7-11-18/h4-15,24-27H,16-21H2,1-3H3;2-15,22-25H,16-21H2,1H3;2-15H,1H3/q3*+1. The van der Waals surface area contributed by atoms with E-state index in [9.17, 15) is 9.59 Å². The number of hydrogen-bond acceptors (Lipinski definition) is 6. The van der Waals surface area contributed by atoms with Gasteiger partial charge in [-0.1, -0.05) is 127 Å². The molecule has 9 aromatic carbocycles. The van der Waals surface area contributed by atoms with Crippen molar-refractivity contribution in [3.8, 4) is 11.5 Å². The summed E-state index contributed by atoms with van der Waals surface area (Å²) in [5.74, 6) is 6.53. The summed E-state index contributed by atoms with van der Waals surface area (Å²) in [6.45, 7) is 10.6. The van der Waals surface area contributed by atoms with Crippen molar-refractivity contribution in [2.45, 2.75) is 154 Å². The van der Waals surface area contributed by atoms with Gasteiger partial charge in [0.2, 0.25) is 0 Å². The molecular weight excluding hydrogens is 1190 g/mol. The molecule has 0 amide bonds. The highest BCUT2D eigenvalue weighted by Gasteiger charge is 2.58. The molecule has 0 aliphatic heterocycles. The second-order valence-corrected chi connectivity index (χ2v) is 33.0. The molecular formula is C83H87O6S3+3. The molecule has 6 nitrogen and oxygen atoms in total. The average Bonchev–Trinajstić information content (AvgIpc) is 0.756. The van der Waals surface area contributed by atoms with Crippen molar-refractivity contribution >= 4 is 44.6 Å². The molecule has 9 aromatic rings. The summed E-state index contributed by atoms with van der Waals surface area (Å²) in [5.41, 5.74) is 2.78. The summed E-state index contributed by atoms with van der Waals surface area (Å²) in [6, 6.07) is 85.5. The first-order valence-electron chi connectivity index (χ1n) is 33.3. The average molecular weight is 1280 g/mol. The Balaban J connectivity index is 0.000000132. The zero-order valence-electron chi connectivity index (χ0n) is 53.9. The SMILES string of the molecule is CC1(OC(=O)COc2ccc([S+](c3ccccc3)c3ccccc3)cc2)C2CC3CC(C2)CC1C3.Cc1cc([S+](c2ccccc2)c2ccccc2)cc(C)c1OCC(=O)OC1(C)C2CC3CC(C2)CC1C3.Cc1ccc([S+](c2ccccc2)c2ccccc2)cc1. The number of esters is 2. The van der Waals surface area contributed by atoms with E-state index < -0.39 is 0 Å². The molecule has 8 bridgehead atoms. The third-order valence-electron chi connectivity index (χ3n) is 20.7. The monoisotopic (exact) mass is 1280 g/mol. The van der Waals surface area contributed by atoms with Crippen LogP contribution in [0.5, 0.6) is 11.5 Å². The molecule has 0 radical (unpaired) electrons. The van der Waals surface area contributed by atoms with Crippen molar-refractivity contribution in [3.63, 3.8) is 0 Å². The number of ether oxygens (including phenoxy) is 4. The minimum atomic E-state index is -0.318. The molecule has 0 unspecified atom stereocenters. The minimum Gasteiger partial charge on any atom is -0.482 e. The highest BCUT2D eigenvalue weighted by atomic mass is 32.2. The van der Waals surface area contributed by atoms with Crippen LogP contribution >= 0.6 is 0 Å². The number of carbonyl (C=O) groups is 2. The normalized spacial score (nSPS) is 24.5. The first-order valence-corrected chi connectivity index (χ1v) is 37.0. The fourth-order valence-corrected chi connectivity index (χ4v) is 23.0. The Hall–Kier alpha value is -7.43. The molecule has 0 atom stereocenters. The molecule has 17 rings (SSSR count). The Labute approximate surface area is 554 Å². The van der Waals surface area contributed by atoms with E-state index in [4.69, 9.17) is 18.9 Å². The summed E-state index contributed by atoms with van der Waals surface area (Å²) in [4.78, 5) is 37.5. The van der Waals surface area contributed by atoms with E-state index in [0.29, 0.717) is 29.4 Å². The quantitative estimate of drug-likeness (QED) is 0.0668. The molecule has 0 aromatic heterocycles. The van der Waals surface area contributed by atoms with Crippen molar-refractivity contribution in [2.24, 2.45) is 47.3 Å². The lowest BCUT2D eigenvalue weighted by molar-refractivity contribution is -0.205. The summed E-state index contributed by atoms with van der Waals surface area (Å²) in [6.07, 6.45) is 12.6. The Morgan fingerprint density at radius 2 is 0.598 bits per heavy atom. The van der Waals surface area contributed by atoms with Crippen LogP contribution in [0.4, 0.5) is 0 Å². The van der Waals surface area contributed by atoms with Crippen molar-refractivity contribution in [1.29, 1.82) is 0 Å². The topological polar surface area (TPSA) is 71.1 Å². The van der Waals surface area contributed by atoms with Gasteiger partial charge in [-0.2, -0.15) is 0 Å². The van der Waals surface area contributed by atoms with Crippen LogP contribution in [0.2, 0.25) is 0 Å². The molecule has 8 fully saturated rings. The summed E-state index contributed by atoms with van der Waals surface area (Å²) in [7, 11) is -0.435. The number of rotatable bonds is 17. The summed E-state index contributed by atoms with van der Waals surface area (Å²) < 4.78 is 24.4. The molecule has 92 heavy (non-hydrogen) atoms. The van der Waals surface area contributed by atoms with Gasteiger partial charge in [0.05, 0.1) is 32.7 Å². The highest BCUT2D eigenvalue weighted by molar-refractivity contribution is 7.97. The zero-order chi connectivity index (χ0) is 63.2. The van der Waals surface area contributed by atoms with Crippen molar-refractivity contribution in [3.05, 3.63) is 259 Å². The van der Waals surface area contributed by atoms with Gasteiger partial charge in [-0.15, -0.1) is 0 Å². The largest absolute Gasteiger partial charge is 0.482 e. The van der Waals surface area contributed by atoms with E-state index in [1.54, 1.807) is 0 Å². The number of carbonyl (C=O) groups excluding carboxylic acids is 2. The Morgan fingerprint density at radius 3 is 0.902 bits per heavy atom. The van der Waals surface area contributed by atoms with Crippen LogP contribution in [0.25, 0.3) is 0 Å². The molecule has 8 saturated carbocycles. The fraction of sp³-hybridized carbons (Fsp3) is 0.325. The molecule has 0 spiro atoms. The summed E-state index contributed by atoms with van der Waals surface area (Å²) in [5, 5.41) is 0. The molecule has 0 heterocycles. The second kappa shape index (κ2) is 28.4. The van der Waals surface area contributed by atoms with E-state index in [2.05, 4.69) is 265 Å². The van der Waals surface area contributed by atoms with Crippen molar-refractivity contribution < 1.29 is 28.5 Å². The van der Waals surface area contributed by atoms with Gasteiger partial charge in [-0.25, -0.2) is 9.59 Å². The van der Waals surface area contributed by atoms with E-state index in [1.165, 1.54) is 114 Å². The lowest BCUT2D eigenvalue weighted by Gasteiger charge is -2.59. The highest BCUT2D eigenvalue weighted by Crippen LogP contribution is 2.61. The Bertz CT molecular complexity index is 3690. The smallest absolute Gasteiger partial charge is 0.344 e. The van der Waals surface area contributed by atoms with E-state index in [0.717, 1.165) is 40.5 Å². The van der Waals surface area contributed by atoms with Crippen LogP contribution in [0.1, 0.15) is 94.7 Å². The number of hydrogen-bond donors (Lipinski definition) is 0. The lowest BCUT2D eigenvalue weighted by atomic mass is 9.50. The van der Waals surface area contributed by atoms with Gasteiger partial charge in [0, 0.05) is 12.1 Å². The van der Waals surface area contributed by atoms with Gasteiger partial charge in [-0.3, -0.25) is 0 Å². The molecule has 470 valence electrons. The zero-order valence-corrected chi connectivity index (χ0v) is 56.3. The van der Waals surface area contributed by atoms with E-state index in [1.807, 2.05) is 12.1 Å².